The van der Waals surface area contributed by atoms with Crippen molar-refractivity contribution in [3.63, 3.8) is 0 Å². The van der Waals surface area contributed by atoms with Gasteiger partial charge in [0.05, 0.1) is 30.2 Å². The molecule has 0 aromatic carbocycles. The first-order valence-corrected chi connectivity index (χ1v) is 8.71. The van der Waals surface area contributed by atoms with E-state index in [4.69, 9.17) is 4.74 Å². The summed E-state index contributed by atoms with van der Waals surface area (Å²) in [6.45, 7) is 11.1. The van der Waals surface area contributed by atoms with Gasteiger partial charge in [-0.25, -0.2) is 0 Å². The summed E-state index contributed by atoms with van der Waals surface area (Å²) >= 11 is 0. The maximum Gasteiger partial charge on any atom is 0.238 e. The molecule has 1 aliphatic rings. The minimum atomic E-state index is 0.0365. The van der Waals surface area contributed by atoms with Crippen LogP contribution in [0.1, 0.15) is 24.7 Å². The number of hydrogen-bond donors (Lipinski definition) is 1. The Labute approximate surface area is 144 Å². The largest absolute Gasteiger partial charge is 0.383 e. The Kier molecular flexibility index (Phi) is 6.77. The molecule has 1 saturated heterocycles. The summed E-state index contributed by atoms with van der Waals surface area (Å²) < 4.78 is 6.99. The van der Waals surface area contributed by atoms with Crippen LogP contribution >= 0.6 is 0 Å². The standard InChI is InChI=1S/C17H31N5O2/c1-6-15-11-21(7-8-22(15)9-10-24-5)12-16(23)18-17-13(2)19-20(4)14(17)3/h15H,6-12H2,1-5H3,(H,18,23). The van der Waals surface area contributed by atoms with E-state index in [2.05, 4.69) is 27.1 Å². The molecule has 2 rings (SSSR count). The number of carbonyl (C=O) groups is 1. The van der Waals surface area contributed by atoms with Crippen LogP contribution in [0.2, 0.25) is 0 Å². The number of rotatable bonds is 7. The van der Waals surface area contributed by atoms with Crippen LogP contribution in [-0.2, 0) is 16.6 Å². The minimum absolute atomic E-state index is 0.0365. The zero-order chi connectivity index (χ0) is 17.7. The van der Waals surface area contributed by atoms with Crippen molar-refractivity contribution >= 4 is 11.6 Å². The Balaban J connectivity index is 1.88. The summed E-state index contributed by atoms with van der Waals surface area (Å²) in [7, 11) is 3.63. The molecular formula is C17H31N5O2. The van der Waals surface area contributed by atoms with Crippen LogP contribution in [-0.4, -0.2) is 78.0 Å². The molecule has 0 bridgehead atoms. The van der Waals surface area contributed by atoms with E-state index in [1.54, 1.807) is 11.8 Å². The van der Waals surface area contributed by atoms with Crippen LogP contribution in [0, 0.1) is 13.8 Å². The average molecular weight is 337 g/mol. The molecule has 1 aliphatic heterocycles. The molecule has 0 aliphatic carbocycles. The first kappa shape index (κ1) is 18.9. The Morgan fingerprint density at radius 1 is 1.38 bits per heavy atom. The summed E-state index contributed by atoms with van der Waals surface area (Å²) in [6, 6.07) is 0.489. The number of carbonyl (C=O) groups excluding carboxylic acids is 1. The highest BCUT2D eigenvalue weighted by atomic mass is 16.5. The fraction of sp³-hybridized carbons (Fsp3) is 0.765. The monoisotopic (exact) mass is 337 g/mol. The first-order valence-electron chi connectivity index (χ1n) is 8.71. The molecule has 0 saturated carbocycles. The number of nitrogens with zero attached hydrogens (tertiary/aromatic N) is 4. The topological polar surface area (TPSA) is 62.6 Å². The van der Waals surface area contributed by atoms with Gasteiger partial charge in [0.2, 0.25) is 5.91 Å². The molecule has 7 heteroatoms. The molecule has 0 spiro atoms. The zero-order valence-corrected chi connectivity index (χ0v) is 15.6. The lowest BCUT2D eigenvalue weighted by Crippen LogP contribution is -2.54. The van der Waals surface area contributed by atoms with Gasteiger partial charge in [0, 0.05) is 46.4 Å². The number of aryl methyl sites for hydroxylation is 2. The van der Waals surface area contributed by atoms with Crippen LogP contribution in [0.15, 0.2) is 0 Å². The van der Waals surface area contributed by atoms with Crippen LogP contribution in [0.4, 0.5) is 5.69 Å². The SMILES string of the molecule is CCC1CN(CC(=O)Nc2c(C)nn(C)c2C)CCN1CCOC. The number of aromatic nitrogens is 2. The number of hydrogen-bond acceptors (Lipinski definition) is 5. The van der Waals surface area contributed by atoms with Gasteiger partial charge in [0.15, 0.2) is 0 Å². The third-order valence-electron chi connectivity index (χ3n) is 4.88. The zero-order valence-electron chi connectivity index (χ0n) is 15.6. The Morgan fingerprint density at radius 2 is 2.12 bits per heavy atom. The van der Waals surface area contributed by atoms with E-state index in [0.717, 1.165) is 56.3 Å². The van der Waals surface area contributed by atoms with E-state index >= 15 is 0 Å². The van der Waals surface area contributed by atoms with Crippen LogP contribution in [0.3, 0.4) is 0 Å². The van der Waals surface area contributed by atoms with E-state index in [0.29, 0.717) is 12.6 Å². The highest BCUT2D eigenvalue weighted by Crippen LogP contribution is 2.18. The van der Waals surface area contributed by atoms with E-state index in [-0.39, 0.29) is 5.91 Å². The van der Waals surface area contributed by atoms with Gasteiger partial charge < -0.3 is 10.1 Å². The van der Waals surface area contributed by atoms with Crippen molar-refractivity contribution in [3.8, 4) is 0 Å². The van der Waals surface area contributed by atoms with Gasteiger partial charge in [0.25, 0.3) is 0 Å². The van der Waals surface area contributed by atoms with Gasteiger partial charge in [-0.1, -0.05) is 6.92 Å². The molecule has 1 atom stereocenters. The van der Waals surface area contributed by atoms with Crippen molar-refractivity contribution in [2.75, 3.05) is 51.8 Å². The second-order valence-electron chi connectivity index (χ2n) is 6.54. The third kappa shape index (κ3) is 4.55. The van der Waals surface area contributed by atoms with Crippen LogP contribution in [0.25, 0.3) is 0 Å². The quantitative estimate of drug-likeness (QED) is 0.805. The van der Waals surface area contributed by atoms with Gasteiger partial charge in [-0.05, 0) is 20.3 Å². The lowest BCUT2D eigenvalue weighted by Gasteiger charge is -2.40. The molecule has 1 unspecified atom stereocenters. The van der Waals surface area contributed by atoms with Crippen molar-refractivity contribution in [3.05, 3.63) is 11.4 Å². The van der Waals surface area contributed by atoms with Crippen molar-refractivity contribution < 1.29 is 9.53 Å². The fourth-order valence-electron chi connectivity index (χ4n) is 3.33. The predicted octanol–water partition coefficient (Wildman–Crippen LogP) is 1.02. The maximum atomic E-state index is 12.4. The second kappa shape index (κ2) is 8.60. The fourth-order valence-corrected chi connectivity index (χ4v) is 3.33. The Hall–Kier alpha value is -1.44. The van der Waals surface area contributed by atoms with Gasteiger partial charge in [0.1, 0.15) is 0 Å². The minimum Gasteiger partial charge on any atom is -0.383 e. The normalized spacial score (nSPS) is 19.6. The molecule has 1 aromatic rings. The highest BCUT2D eigenvalue weighted by molar-refractivity contribution is 5.93. The summed E-state index contributed by atoms with van der Waals surface area (Å²) in [4.78, 5) is 17.1. The number of anilines is 1. The molecule has 0 radical (unpaired) electrons. The summed E-state index contributed by atoms with van der Waals surface area (Å²) in [6.07, 6.45) is 1.09. The number of nitrogens with one attached hydrogen (secondary N) is 1. The smallest absolute Gasteiger partial charge is 0.238 e. The predicted molar refractivity (Wildman–Crippen MR) is 95.3 cm³/mol. The molecule has 7 nitrogen and oxygen atoms in total. The Morgan fingerprint density at radius 3 is 2.71 bits per heavy atom. The van der Waals surface area contributed by atoms with Crippen molar-refractivity contribution in [2.45, 2.75) is 33.2 Å². The van der Waals surface area contributed by atoms with Gasteiger partial charge in [-0.2, -0.15) is 5.10 Å². The molecule has 1 aromatic heterocycles. The summed E-state index contributed by atoms with van der Waals surface area (Å²) in [5.41, 5.74) is 2.68. The molecule has 1 fully saturated rings. The number of methoxy groups -OCH3 is 1. The maximum absolute atomic E-state index is 12.4. The third-order valence-corrected chi connectivity index (χ3v) is 4.88. The second-order valence-corrected chi connectivity index (χ2v) is 6.54. The Bertz CT molecular complexity index is 557. The van der Waals surface area contributed by atoms with E-state index in [1.807, 2.05) is 20.9 Å². The highest BCUT2D eigenvalue weighted by Gasteiger charge is 2.26. The summed E-state index contributed by atoms with van der Waals surface area (Å²) in [5, 5.41) is 7.37. The van der Waals surface area contributed by atoms with Crippen molar-refractivity contribution in [1.29, 1.82) is 0 Å². The van der Waals surface area contributed by atoms with E-state index < -0.39 is 0 Å². The van der Waals surface area contributed by atoms with Crippen LogP contribution < -0.4 is 5.32 Å². The van der Waals surface area contributed by atoms with E-state index in [1.165, 1.54) is 0 Å². The lowest BCUT2D eigenvalue weighted by molar-refractivity contribution is -0.118. The van der Waals surface area contributed by atoms with Crippen LogP contribution in [0.5, 0.6) is 0 Å². The number of ether oxygens (including phenoxy) is 1. The molecule has 136 valence electrons. The van der Waals surface area contributed by atoms with Gasteiger partial charge in [-0.15, -0.1) is 0 Å². The number of amides is 1. The van der Waals surface area contributed by atoms with Crippen molar-refractivity contribution in [2.24, 2.45) is 7.05 Å². The summed E-state index contributed by atoms with van der Waals surface area (Å²) in [5.74, 6) is 0.0365. The first-order chi connectivity index (χ1) is 11.5. The molecule has 24 heavy (non-hydrogen) atoms. The number of piperazine rings is 1. The van der Waals surface area contributed by atoms with E-state index in [9.17, 15) is 4.79 Å². The molecule has 1 N–H and O–H groups in total. The van der Waals surface area contributed by atoms with Gasteiger partial charge >= 0.3 is 0 Å². The molecule has 1 amide bonds. The molecule has 2 heterocycles. The van der Waals surface area contributed by atoms with Gasteiger partial charge in [-0.3, -0.25) is 19.3 Å². The lowest BCUT2D eigenvalue weighted by atomic mass is 10.1. The average Bonchev–Trinajstić information content (AvgIpc) is 2.79. The molecular weight excluding hydrogens is 306 g/mol. The van der Waals surface area contributed by atoms with Crippen molar-refractivity contribution in [1.82, 2.24) is 19.6 Å².